The highest BCUT2D eigenvalue weighted by Gasteiger charge is 2.37. The van der Waals surface area contributed by atoms with Gasteiger partial charge < -0.3 is 9.47 Å². The van der Waals surface area contributed by atoms with Gasteiger partial charge in [-0.05, 0) is 37.2 Å². The van der Waals surface area contributed by atoms with Crippen molar-refractivity contribution in [1.29, 1.82) is 0 Å². The lowest BCUT2D eigenvalue weighted by Gasteiger charge is -2.30. The fourth-order valence-corrected chi connectivity index (χ4v) is 4.23. The molecule has 0 N–H and O–H groups in total. The maximum absolute atomic E-state index is 13.1. The van der Waals surface area contributed by atoms with E-state index in [1.807, 2.05) is 6.92 Å². The smallest absolute Gasteiger partial charge is 0.227 e. The van der Waals surface area contributed by atoms with E-state index >= 15 is 0 Å². The molecule has 2 heterocycles. The van der Waals surface area contributed by atoms with Crippen LogP contribution >= 0.6 is 0 Å². The first-order chi connectivity index (χ1) is 13.5. The van der Waals surface area contributed by atoms with Gasteiger partial charge in [0.15, 0.2) is 5.78 Å². The molecule has 7 nitrogen and oxygen atoms in total. The SMILES string of the molecule is Cc1nonc1CN(C)C(=O)Cc1c2c(n(CC(C)C)c1C)CC(C)(C)CC2=O. The average molecular weight is 401 g/mol. The Hall–Kier alpha value is -2.44. The summed E-state index contributed by atoms with van der Waals surface area (Å²) in [5, 5.41) is 7.63. The van der Waals surface area contributed by atoms with Gasteiger partial charge in [-0.3, -0.25) is 9.59 Å². The molecule has 0 spiro atoms. The number of likely N-dealkylation sites (N-methyl/N-ethyl adjacent to an activating group) is 1. The number of nitrogens with zero attached hydrogens (tertiary/aromatic N) is 4. The molecule has 3 rings (SSSR count). The number of hydrogen-bond acceptors (Lipinski definition) is 5. The van der Waals surface area contributed by atoms with E-state index < -0.39 is 0 Å². The van der Waals surface area contributed by atoms with Crippen LogP contribution in [0.3, 0.4) is 0 Å². The van der Waals surface area contributed by atoms with Crippen molar-refractivity contribution in [1.82, 2.24) is 19.8 Å². The van der Waals surface area contributed by atoms with Gasteiger partial charge in [-0.15, -0.1) is 0 Å². The quantitative estimate of drug-likeness (QED) is 0.741. The lowest BCUT2D eigenvalue weighted by molar-refractivity contribution is -0.129. The minimum Gasteiger partial charge on any atom is -0.348 e. The Morgan fingerprint density at radius 3 is 2.52 bits per heavy atom. The van der Waals surface area contributed by atoms with Gasteiger partial charge in [-0.25, -0.2) is 4.63 Å². The summed E-state index contributed by atoms with van der Waals surface area (Å²) in [6, 6.07) is 0. The van der Waals surface area contributed by atoms with Crippen LogP contribution in [0, 0.1) is 25.2 Å². The second-order valence-electron chi connectivity index (χ2n) is 9.55. The first kappa shape index (κ1) is 21.3. The zero-order chi connectivity index (χ0) is 21.5. The molecule has 1 aliphatic carbocycles. The molecule has 0 saturated heterocycles. The third-order valence-corrected chi connectivity index (χ3v) is 5.76. The molecule has 0 fully saturated rings. The average Bonchev–Trinajstić information content (AvgIpc) is 3.10. The third kappa shape index (κ3) is 4.28. The Kier molecular flexibility index (Phi) is 5.70. The van der Waals surface area contributed by atoms with E-state index in [1.54, 1.807) is 18.9 Å². The first-order valence-electron chi connectivity index (χ1n) is 10.3. The molecule has 0 atom stereocenters. The van der Waals surface area contributed by atoms with E-state index in [0.29, 0.717) is 30.3 Å². The largest absolute Gasteiger partial charge is 0.348 e. The predicted molar refractivity (Wildman–Crippen MR) is 110 cm³/mol. The van der Waals surface area contributed by atoms with Crippen LogP contribution in [0.4, 0.5) is 0 Å². The minimum absolute atomic E-state index is 0.0439. The van der Waals surface area contributed by atoms with Crippen LogP contribution in [0.1, 0.15) is 72.8 Å². The number of Topliss-reactive ketones (excluding diaryl/α,β-unsaturated/α-hetero) is 1. The molecular weight excluding hydrogens is 368 g/mol. The Morgan fingerprint density at radius 1 is 1.24 bits per heavy atom. The maximum Gasteiger partial charge on any atom is 0.227 e. The summed E-state index contributed by atoms with van der Waals surface area (Å²) in [6.45, 7) is 13.7. The fraction of sp³-hybridized carbons (Fsp3) is 0.636. The number of amides is 1. The van der Waals surface area contributed by atoms with Gasteiger partial charge in [0.25, 0.3) is 0 Å². The standard InChI is InChI=1S/C22H32N4O3/c1-13(2)11-26-15(4)16(21-18(26)9-22(5,6)10-19(21)27)8-20(28)25(7)12-17-14(3)23-29-24-17/h13H,8-12H2,1-7H3. The lowest BCUT2D eigenvalue weighted by atomic mass is 9.75. The summed E-state index contributed by atoms with van der Waals surface area (Å²) >= 11 is 0. The van der Waals surface area contributed by atoms with Crippen molar-refractivity contribution >= 4 is 11.7 Å². The van der Waals surface area contributed by atoms with Crippen molar-refractivity contribution in [3.63, 3.8) is 0 Å². The summed E-state index contributed by atoms with van der Waals surface area (Å²) < 4.78 is 7.00. The topological polar surface area (TPSA) is 81.2 Å². The van der Waals surface area contributed by atoms with Crippen molar-refractivity contribution in [3.8, 4) is 0 Å². The molecule has 0 aliphatic heterocycles. The van der Waals surface area contributed by atoms with Gasteiger partial charge in [0.2, 0.25) is 5.91 Å². The van der Waals surface area contributed by atoms with Gasteiger partial charge in [-0.1, -0.05) is 38.0 Å². The van der Waals surface area contributed by atoms with Gasteiger partial charge in [0.1, 0.15) is 11.4 Å². The summed E-state index contributed by atoms with van der Waals surface area (Å²) in [7, 11) is 1.74. The number of aromatic nitrogens is 3. The van der Waals surface area contributed by atoms with Gasteiger partial charge >= 0.3 is 0 Å². The van der Waals surface area contributed by atoms with Crippen LogP contribution in [0.5, 0.6) is 0 Å². The van der Waals surface area contributed by atoms with E-state index in [-0.39, 0.29) is 23.5 Å². The Labute approximate surface area is 172 Å². The van der Waals surface area contributed by atoms with Crippen molar-refractivity contribution in [2.75, 3.05) is 7.05 Å². The van der Waals surface area contributed by atoms with E-state index in [1.165, 1.54) is 0 Å². The van der Waals surface area contributed by atoms with E-state index in [0.717, 1.165) is 35.5 Å². The number of carbonyl (C=O) groups excluding carboxylic acids is 2. The number of hydrogen-bond donors (Lipinski definition) is 0. The second-order valence-corrected chi connectivity index (χ2v) is 9.55. The molecule has 7 heteroatoms. The molecular formula is C22H32N4O3. The van der Waals surface area contributed by atoms with Crippen LogP contribution in [-0.2, 0) is 30.7 Å². The van der Waals surface area contributed by atoms with Crippen LogP contribution in [0.15, 0.2) is 4.63 Å². The van der Waals surface area contributed by atoms with Crippen LogP contribution in [0.2, 0.25) is 0 Å². The monoisotopic (exact) mass is 400 g/mol. The van der Waals surface area contributed by atoms with Crippen LogP contribution in [-0.4, -0.2) is 38.5 Å². The maximum atomic E-state index is 13.1. The molecule has 0 bridgehead atoms. The highest BCUT2D eigenvalue weighted by molar-refractivity contribution is 6.01. The predicted octanol–water partition coefficient (Wildman–Crippen LogP) is 3.50. The second kappa shape index (κ2) is 7.76. The summed E-state index contributed by atoms with van der Waals surface area (Å²) in [5.74, 6) is 0.570. The van der Waals surface area contributed by atoms with Crippen molar-refractivity contribution in [3.05, 3.63) is 33.9 Å². The lowest BCUT2D eigenvalue weighted by Crippen LogP contribution is -2.30. The zero-order valence-electron chi connectivity index (χ0n) is 18.6. The highest BCUT2D eigenvalue weighted by Crippen LogP contribution is 2.39. The number of carbonyl (C=O) groups is 2. The minimum atomic E-state index is -0.0564. The van der Waals surface area contributed by atoms with Crippen LogP contribution in [0.25, 0.3) is 0 Å². The molecule has 1 aliphatic rings. The molecule has 2 aromatic heterocycles. The first-order valence-corrected chi connectivity index (χ1v) is 10.3. The fourth-order valence-electron chi connectivity index (χ4n) is 4.23. The Bertz CT molecular complexity index is 936. The van der Waals surface area contributed by atoms with Crippen LogP contribution < -0.4 is 0 Å². The number of ketones is 1. The van der Waals surface area contributed by atoms with Gasteiger partial charge in [0, 0.05) is 37.0 Å². The third-order valence-electron chi connectivity index (χ3n) is 5.76. The molecule has 2 aromatic rings. The van der Waals surface area contributed by atoms with E-state index in [4.69, 9.17) is 4.63 Å². The Balaban J connectivity index is 1.93. The van der Waals surface area contributed by atoms with Gasteiger partial charge in [0.05, 0.1) is 13.0 Å². The Morgan fingerprint density at radius 2 is 1.93 bits per heavy atom. The molecule has 158 valence electrons. The number of fused-ring (bicyclic) bond motifs is 1. The molecule has 1 amide bonds. The number of aryl methyl sites for hydroxylation is 1. The van der Waals surface area contributed by atoms with Gasteiger partial charge in [-0.2, -0.15) is 0 Å². The molecule has 0 aromatic carbocycles. The molecule has 0 saturated carbocycles. The number of rotatable bonds is 6. The molecule has 0 radical (unpaired) electrons. The zero-order valence-corrected chi connectivity index (χ0v) is 18.6. The summed E-state index contributed by atoms with van der Waals surface area (Å²) in [4.78, 5) is 27.7. The van der Waals surface area contributed by atoms with E-state index in [9.17, 15) is 9.59 Å². The summed E-state index contributed by atoms with van der Waals surface area (Å²) in [6.07, 6.45) is 1.59. The van der Waals surface area contributed by atoms with E-state index in [2.05, 4.69) is 42.6 Å². The molecule has 0 unspecified atom stereocenters. The van der Waals surface area contributed by atoms with Crippen molar-refractivity contribution in [2.24, 2.45) is 11.3 Å². The van der Waals surface area contributed by atoms with Crippen molar-refractivity contribution < 1.29 is 14.2 Å². The summed E-state index contributed by atoms with van der Waals surface area (Å²) in [5.41, 5.74) is 5.07. The van der Waals surface area contributed by atoms with Crippen molar-refractivity contribution in [2.45, 2.75) is 73.9 Å². The highest BCUT2D eigenvalue weighted by atomic mass is 16.6. The normalized spacial score (nSPS) is 15.7. The molecule has 29 heavy (non-hydrogen) atoms.